The number of carbonyl (C=O) groups excluding carboxylic acids is 1. The fraction of sp³-hybridized carbons (Fsp3) is 0.520. The van der Waals surface area contributed by atoms with Crippen LogP contribution in [0.2, 0.25) is 0 Å². The van der Waals surface area contributed by atoms with Crippen LogP contribution >= 0.6 is 0 Å². The molecule has 3 rings (SSSR count). The van der Waals surface area contributed by atoms with Crippen molar-refractivity contribution in [2.24, 2.45) is 0 Å². The number of anilines is 4. The smallest absolute Gasteiger partial charge is 0.150 e. The minimum absolute atomic E-state index is 0.467. The fourth-order valence-corrected chi connectivity index (χ4v) is 3.80. The number of carbonyl (C=O) groups is 1. The predicted octanol–water partition coefficient (Wildman–Crippen LogP) is 3.93. The van der Waals surface area contributed by atoms with Crippen LogP contribution in [-0.4, -0.2) is 71.4 Å². The van der Waals surface area contributed by atoms with Gasteiger partial charge in [-0.05, 0) is 51.9 Å². The van der Waals surface area contributed by atoms with Crippen molar-refractivity contribution < 1.29 is 14.3 Å². The van der Waals surface area contributed by atoms with E-state index < -0.39 is 0 Å². The number of hydrogen-bond donors (Lipinski definition) is 3. The maximum absolute atomic E-state index is 11.0. The van der Waals surface area contributed by atoms with Crippen LogP contribution in [0.1, 0.15) is 36.5 Å². The van der Waals surface area contributed by atoms with Crippen LogP contribution in [0.25, 0.3) is 0 Å². The minimum atomic E-state index is 0.467. The van der Waals surface area contributed by atoms with Crippen LogP contribution in [0.3, 0.4) is 0 Å². The molecule has 1 aromatic carbocycles. The Morgan fingerprint density at radius 2 is 2.03 bits per heavy atom. The number of nitrogens with one attached hydrogen (secondary N) is 3. The van der Waals surface area contributed by atoms with Gasteiger partial charge in [0.25, 0.3) is 0 Å². The molecule has 0 aliphatic carbocycles. The maximum atomic E-state index is 11.0. The zero-order valence-corrected chi connectivity index (χ0v) is 20.4. The quantitative estimate of drug-likeness (QED) is 0.346. The molecule has 1 aromatic heterocycles. The van der Waals surface area contributed by atoms with Crippen molar-refractivity contribution in [3.05, 3.63) is 42.1 Å². The standard InChI is InChI=1S/C20H26N4O2.C5H13NO/c1-3-24(17-7-9-26-10-8-17)19-12-20(22-13-18(19)21-2)23-16-6-4-5-15(11-16)14-25;1-6-4-3-5-7-2/h4-6,11-14,17,21H,3,7-10H2,1-2H3,(H,22,23);6H,3-5H2,1-2H3. The van der Waals surface area contributed by atoms with Gasteiger partial charge in [-0.2, -0.15) is 0 Å². The second kappa shape index (κ2) is 15.2. The van der Waals surface area contributed by atoms with E-state index in [1.54, 1.807) is 13.2 Å². The van der Waals surface area contributed by atoms with Gasteiger partial charge in [-0.15, -0.1) is 0 Å². The Hall–Kier alpha value is -2.68. The van der Waals surface area contributed by atoms with Crippen molar-refractivity contribution in [2.45, 2.75) is 32.2 Å². The van der Waals surface area contributed by atoms with Crippen molar-refractivity contribution in [1.82, 2.24) is 10.3 Å². The molecule has 0 unspecified atom stereocenters. The molecule has 3 N–H and O–H groups in total. The summed E-state index contributed by atoms with van der Waals surface area (Å²) in [4.78, 5) is 17.9. The summed E-state index contributed by atoms with van der Waals surface area (Å²) in [5.74, 6) is 0.757. The lowest BCUT2D eigenvalue weighted by Gasteiger charge is -2.36. The van der Waals surface area contributed by atoms with Crippen LogP contribution < -0.4 is 20.9 Å². The number of pyridine rings is 1. The Labute approximate surface area is 198 Å². The number of benzene rings is 1. The molecular weight excluding hydrogens is 418 g/mol. The Bertz CT molecular complexity index is 823. The molecule has 0 saturated carbocycles. The lowest BCUT2D eigenvalue weighted by atomic mass is 10.1. The Morgan fingerprint density at radius 3 is 2.67 bits per heavy atom. The van der Waals surface area contributed by atoms with E-state index in [0.717, 1.165) is 81.3 Å². The molecule has 1 aliphatic heterocycles. The molecule has 1 saturated heterocycles. The van der Waals surface area contributed by atoms with E-state index >= 15 is 0 Å². The highest BCUT2D eigenvalue weighted by molar-refractivity contribution is 5.78. The molecule has 1 fully saturated rings. The maximum Gasteiger partial charge on any atom is 0.150 e. The van der Waals surface area contributed by atoms with Gasteiger partial charge in [0, 0.05) is 63.9 Å². The monoisotopic (exact) mass is 457 g/mol. The summed E-state index contributed by atoms with van der Waals surface area (Å²) in [7, 11) is 5.57. The van der Waals surface area contributed by atoms with Gasteiger partial charge in [-0.3, -0.25) is 4.79 Å². The second-order valence-corrected chi connectivity index (χ2v) is 7.78. The van der Waals surface area contributed by atoms with Crippen molar-refractivity contribution >= 4 is 29.2 Å². The average molecular weight is 458 g/mol. The molecule has 182 valence electrons. The molecule has 0 bridgehead atoms. The third kappa shape index (κ3) is 8.64. The number of aldehydes is 1. The third-order valence-electron chi connectivity index (χ3n) is 5.50. The van der Waals surface area contributed by atoms with Crippen LogP contribution in [0.15, 0.2) is 36.5 Å². The summed E-state index contributed by atoms with van der Waals surface area (Å²) in [5, 5.41) is 9.57. The van der Waals surface area contributed by atoms with Gasteiger partial charge in [0.1, 0.15) is 12.1 Å². The Morgan fingerprint density at radius 1 is 1.24 bits per heavy atom. The van der Waals surface area contributed by atoms with Gasteiger partial charge in [-0.25, -0.2) is 4.98 Å². The number of aromatic nitrogens is 1. The molecule has 0 spiro atoms. The SMILES string of the molecule is CCN(c1cc(Nc2cccc(C=O)c2)ncc1NC)C1CCOCC1.CNCCCOC. The molecule has 0 atom stereocenters. The molecule has 33 heavy (non-hydrogen) atoms. The van der Waals surface area contributed by atoms with E-state index in [1.807, 2.05) is 38.5 Å². The first-order valence-corrected chi connectivity index (χ1v) is 11.6. The van der Waals surface area contributed by atoms with Gasteiger partial charge < -0.3 is 30.3 Å². The van der Waals surface area contributed by atoms with Gasteiger partial charge in [0.2, 0.25) is 0 Å². The zero-order valence-electron chi connectivity index (χ0n) is 20.4. The number of hydrogen-bond acceptors (Lipinski definition) is 8. The molecule has 8 nitrogen and oxygen atoms in total. The van der Waals surface area contributed by atoms with Crippen molar-refractivity contribution in [1.29, 1.82) is 0 Å². The number of rotatable bonds is 11. The summed E-state index contributed by atoms with van der Waals surface area (Å²) in [5.41, 5.74) is 3.62. The average Bonchev–Trinajstić information content (AvgIpc) is 2.86. The minimum Gasteiger partial charge on any atom is -0.385 e. The van der Waals surface area contributed by atoms with Crippen molar-refractivity contribution in [2.75, 3.05) is 69.6 Å². The largest absolute Gasteiger partial charge is 0.385 e. The lowest BCUT2D eigenvalue weighted by Crippen LogP contribution is -2.39. The summed E-state index contributed by atoms with van der Waals surface area (Å²) in [6, 6.07) is 9.92. The highest BCUT2D eigenvalue weighted by Gasteiger charge is 2.23. The lowest BCUT2D eigenvalue weighted by molar-refractivity contribution is 0.0846. The van der Waals surface area contributed by atoms with Crippen LogP contribution in [0.4, 0.5) is 22.9 Å². The van der Waals surface area contributed by atoms with E-state index in [9.17, 15) is 4.79 Å². The van der Waals surface area contributed by atoms with Crippen LogP contribution in [0, 0.1) is 0 Å². The highest BCUT2D eigenvalue weighted by Crippen LogP contribution is 2.32. The Kier molecular flexibility index (Phi) is 12.2. The van der Waals surface area contributed by atoms with Crippen molar-refractivity contribution in [3.63, 3.8) is 0 Å². The fourth-order valence-electron chi connectivity index (χ4n) is 3.80. The van der Waals surface area contributed by atoms with E-state index in [4.69, 9.17) is 9.47 Å². The number of ether oxygens (including phenoxy) is 2. The van der Waals surface area contributed by atoms with Gasteiger partial charge in [-0.1, -0.05) is 12.1 Å². The van der Waals surface area contributed by atoms with E-state index in [1.165, 1.54) is 0 Å². The summed E-state index contributed by atoms with van der Waals surface area (Å²) >= 11 is 0. The first-order chi connectivity index (χ1) is 16.2. The molecule has 8 heteroatoms. The highest BCUT2D eigenvalue weighted by atomic mass is 16.5. The van der Waals surface area contributed by atoms with E-state index in [0.29, 0.717) is 11.6 Å². The topological polar surface area (TPSA) is 87.8 Å². The number of nitrogens with zero attached hydrogens (tertiary/aromatic N) is 2. The molecule has 2 heterocycles. The molecule has 0 amide bonds. The summed E-state index contributed by atoms with van der Waals surface area (Å²) < 4.78 is 10.3. The Balaban J connectivity index is 0.000000479. The van der Waals surface area contributed by atoms with E-state index in [2.05, 4.69) is 38.8 Å². The van der Waals surface area contributed by atoms with Crippen molar-refractivity contribution in [3.8, 4) is 0 Å². The number of methoxy groups -OCH3 is 1. The van der Waals surface area contributed by atoms with Crippen LogP contribution in [-0.2, 0) is 9.47 Å². The molecule has 1 aliphatic rings. The third-order valence-corrected chi connectivity index (χ3v) is 5.50. The summed E-state index contributed by atoms with van der Waals surface area (Å²) in [6.07, 6.45) is 5.86. The second-order valence-electron chi connectivity index (χ2n) is 7.78. The molecule has 2 aromatic rings. The zero-order chi connectivity index (χ0) is 23.9. The van der Waals surface area contributed by atoms with Crippen LogP contribution in [0.5, 0.6) is 0 Å². The predicted molar refractivity (Wildman–Crippen MR) is 136 cm³/mol. The molecular formula is C25H39N5O3. The summed E-state index contributed by atoms with van der Waals surface area (Å²) in [6.45, 7) is 6.63. The normalized spacial score (nSPS) is 13.6. The first-order valence-electron chi connectivity index (χ1n) is 11.6. The van der Waals surface area contributed by atoms with Gasteiger partial charge in [0.15, 0.2) is 0 Å². The first kappa shape index (κ1) is 26.6. The molecule has 0 radical (unpaired) electrons. The van der Waals surface area contributed by atoms with E-state index in [-0.39, 0.29) is 0 Å². The van der Waals surface area contributed by atoms with Gasteiger partial charge >= 0.3 is 0 Å². The van der Waals surface area contributed by atoms with Gasteiger partial charge in [0.05, 0.1) is 17.6 Å².